The molecule has 0 fully saturated rings. The zero-order valence-corrected chi connectivity index (χ0v) is 16.6. The van der Waals surface area contributed by atoms with Gasteiger partial charge < -0.3 is 9.88 Å². The molecular weight excluding hydrogens is 371 g/mol. The first-order valence-electron chi connectivity index (χ1n) is 9.33. The van der Waals surface area contributed by atoms with Crippen molar-refractivity contribution in [2.24, 2.45) is 0 Å². The molecule has 0 radical (unpaired) electrons. The van der Waals surface area contributed by atoms with E-state index in [1.54, 1.807) is 6.07 Å². The molecule has 2 aromatic heterocycles. The third-order valence-corrected chi connectivity index (χ3v) is 4.71. The first kappa shape index (κ1) is 20.3. The van der Waals surface area contributed by atoms with Crippen LogP contribution in [0.3, 0.4) is 0 Å². The molecule has 1 aromatic carbocycles. The van der Waals surface area contributed by atoms with E-state index in [4.69, 9.17) is 0 Å². The predicted molar refractivity (Wildman–Crippen MR) is 110 cm³/mol. The van der Waals surface area contributed by atoms with Crippen molar-refractivity contribution in [1.82, 2.24) is 14.5 Å². The molecular formula is C22H23FN4O2. The molecule has 0 saturated heterocycles. The molecule has 150 valence electrons. The van der Waals surface area contributed by atoms with Gasteiger partial charge in [-0.15, -0.1) is 0 Å². The number of para-hydroxylation sites is 1. The Kier molecular flexibility index (Phi) is 6.07. The number of nitrogens with one attached hydrogen (secondary N) is 1. The SMILES string of the molecule is CCc1cn(Cc2ccc(F)nc2)c(Nc2ccccc2)c1C(=O)N(C)C(C)=O. The van der Waals surface area contributed by atoms with Gasteiger partial charge in [-0.25, -0.2) is 4.98 Å². The summed E-state index contributed by atoms with van der Waals surface area (Å²) >= 11 is 0. The smallest absolute Gasteiger partial charge is 0.264 e. The predicted octanol–water partition coefficient (Wildman–Crippen LogP) is 4.00. The Morgan fingerprint density at radius 2 is 1.90 bits per heavy atom. The Morgan fingerprint density at radius 3 is 2.48 bits per heavy atom. The molecule has 1 N–H and O–H groups in total. The van der Waals surface area contributed by atoms with Crippen LogP contribution in [0.4, 0.5) is 15.9 Å². The van der Waals surface area contributed by atoms with E-state index in [1.165, 1.54) is 26.2 Å². The van der Waals surface area contributed by atoms with Gasteiger partial charge in [-0.3, -0.25) is 14.5 Å². The number of hydrogen-bond acceptors (Lipinski definition) is 4. The van der Waals surface area contributed by atoms with Crippen molar-refractivity contribution in [3.8, 4) is 0 Å². The summed E-state index contributed by atoms with van der Waals surface area (Å²) in [5.74, 6) is -0.672. The second-order valence-electron chi connectivity index (χ2n) is 6.72. The number of imide groups is 1. The topological polar surface area (TPSA) is 67.2 Å². The summed E-state index contributed by atoms with van der Waals surface area (Å²) in [7, 11) is 1.47. The molecule has 0 bridgehead atoms. The van der Waals surface area contributed by atoms with Crippen molar-refractivity contribution < 1.29 is 14.0 Å². The highest BCUT2D eigenvalue weighted by molar-refractivity contribution is 6.08. The minimum absolute atomic E-state index is 0.335. The number of nitrogens with zero attached hydrogens (tertiary/aromatic N) is 3. The monoisotopic (exact) mass is 394 g/mol. The standard InChI is InChI=1S/C22H23FN4O2/c1-4-17-14-27(13-16-10-11-19(23)24-12-16)21(25-18-8-6-5-7-9-18)20(17)22(29)26(3)15(2)28/h5-12,14,25H,4,13H2,1-3H3. The van der Waals surface area contributed by atoms with Crippen molar-refractivity contribution >= 4 is 23.3 Å². The number of carbonyl (C=O) groups is 2. The highest BCUT2D eigenvalue weighted by Crippen LogP contribution is 2.29. The highest BCUT2D eigenvalue weighted by atomic mass is 19.1. The van der Waals surface area contributed by atoms with Gasteiger partial charge in [0, 0.05) is 32.1 Å². The molecule has 0 saturated carbocycles. The number of benzene rings is 1. The van der Waals surface area contributed by atoms with Crippen molar-refractivity contribution in [1.29, 1.82) is 0 Å². The van der Waals surface area contributed by atoms with Gasteiger partial charge in [-0.05, 0) is 35.7 Å². The van der Waals surface area contributed by atoms with Crippen LogP contribution in [0.1, 0.15) is 35.3 Å². The molecule has 29 heavy (non-hydrogen) atoms. The van der Waals surface area contributed by atoms with E-state index in [-0.39, 0.29) is 11.8 Å². The van der Waals surface area contributed by atoms with Crippen LogP contribution in [0, 0.1) is 5.95 Å². The molecule has 2 heterocycles. The molecule has 2 amide bonds. The molecule has 3 aromatic rings. The Bertz CT molecular complexity index is 1010. The van der Waals surface area contributed by atoms with Gasteiger partial charge in [-0.2, -0.15) is 4.39 Å². The molecule has 0 unspecified atom stereocenters. The molecule has 0 aliphatic carbocycles. The van der Waals surface area contributed by atoms with Gasteiger partial charge in [0.2, 0.25) is 11.9 Å². The molecule has 3 rings (SSSR count). The van der Waals surface area contributed by atoms with Crippen molar-refractivity contribution in [3.05, 3.63) is 77.5 Å². The largest absolute Gasteiger partial charge is 0.341 e. The van der Waals surface area contributed by atoms with Crippen LogP contribution in [0.25, 0.3) is 0 Å². The van der Waals surface area contributed by atoms with Gasteiger partial charge in [0.25, 0.3) is 5.91 Å². The second kappa shape index (κ2) is 8.68. The lowest BCUT2D eigenvalue weighted by molar-refractivity contribution is -0.125. The summed E-state index contributed by atoms with van der Waals surface area (Å²) in [5.41, 5.74) is 2.87. The lowest BCUT2D eigenvalue weighted by Crippen LogP contribution is -2.32. The summed E-state index contributed by atoms with van der Waals surface area (Å²) in [5, 5.41) is 3.31. The van der Waals surface area contributed by atoms with Crippen LogP contribution in [-0.2, 0) is 17.8 Å². The van der Waals surface area contributed by atoms with Crippen LogP contribution in [0.5, 0.6) is 0 Å². The summed E-state index contributed by atoms with van der Waals surface area (Å²) in [4.78, 5) is 29.7. The Balaban J connectivity index is 2.09. The number of halogens is 1. The third-order valence-electron chi connectivity index (χ3n) is 4.71. The Morgan fingerprint density at radius 1 is 1.17 bits per heavy atom. The normalized spacial score (nSPS) is 10.6. The molecule has 7 heteroatoms. The lowest BCUT2D eigenvalue weighted by Gasteiger charge is -2.17. The lowest BCUT2D eigenvalue weighted by atomic mass is 10.1. The quantitative estimate of drug-likeness (QED) is 0.642. The van der Waals surface area contributed by atoms with E-state index in [0.29, 0.717) is 24.3 Å². The van der Waals surface area contributed by atoms with E-state index in [9.17, 15) is 14.0 Å². The number of carbonyl (C=O) groups excluding carboxylic acids is 2. The number of hydrogen-bond donors (Lipinski definition) is 1. The van der Waals surface area contributed by atoms with Crippen LogP contribution in [-0.4, -0.2) is 33.3 Å². The average molecular weight is 394 g/mol. The number of rotatable bonds is 6. The Hall–Kier alpha value is -3.48. The maximum absolute atomic E-state index is 13.2. The summed E-state index contributed by atoms with van der Waals surface area (Å²) in [6.07, 6.45) is 3.97. The maximum Gasteiger partial charge on any atom is 0.264 e. The first-order valence-corrected chi connectivity index (χ1v) is 9.33. The summed E-state index contributed by atoms with van der Waals surface area (Å²) < 4.78 is 15.1. The minimum atomic E-state index is -0.544. The van der Waals surface area contributed by atoms with Crippen LogP contribution in [0.15, 0.2) is 54.9 Å². The van der Waals surface area contributed by atoms with E-state index >= 15 is 0 Å². The van der Waals surface area contributed by atoms with Gasteiger partial charge in [-0.1, -0.05) is 31.2 Å². The number of anilines is 2. The first-order chi connectivity index (χ1) is 13.9. The van der Waals surface area contributed by atoms with E-state index < -0.39 is 5.95 Å². The number of pyridine rings is 1. The summed E-state index contributed by atoms with van der Waals surface area (Å²) in [6.45, 7) is 3.71. The maximum atomic E-state index is 13.2. The molecule has 0 aliphatic rings. The van der Waals surface area contributed by atoms with Crippen molar-refractivity contribution in [2.45, 2.75) is 26.8 Å². The van der Waals surface area contributed by atoms with Gasteiger partial charge in [0.1, 0.15) is 5.82 Å². The van der Waals surface area contributed by atoms with Crippen molar-refractivity contribution in [2.75, 3.05) is 12.4 Å². The average Bonchev–Trinajstić information content (AvgIpc) is 3.06. The van der Waals surface area contributed by atoms with Gasteiger partial charge >= 0.3 is 0 Å². The molecule has 0 atom stereocenters. The zero-order valence-electron chi connectivity index (χ0n) is 16.6. The van der Waals surface area contributed by atoms with Crippen molar-refractivity contribution in [3.63, 3.8) is 0 Å². The van der Waals surface area contributed by atoms with E-state index in [1.807, 2.05) is 48.0 Å². The number of aromatic nitrogens is 2. The fraction of sp³-hybridized carbons (Fsp3) is 0.227. The number of aryl methyl sites for hydroxylation is 1. The number of amides is 2. The van der Waals surface area contributed by atoms with Crippen LogP contribution in [0.2, 0.25) is 0 Å². The van der Waals surface area contributed by atoms with E-state index in [2.05, 4.69) is 10.3 Å². The zero-order chi connectivity index (χ0) is 21.0. The molecule has 0 aliphatic heterocycles. The molecule has 0 spiro atoms. The fourth-order valence-corrected chi connectivity index (χ4v) is 3.04. The van der Waals surface area contributed by atoms with Gasteiger partial charge in [0.15, 0.2) is 0 Å². The van der Waals surface area contributed by atoms with E-state index in [0.717, 1.165) is 21.7 Å². The highest BCUT2D eigenvalue weighted by Gasteiger charge is 2.26. The Labute approximate surface area is 169 Å². The minimum Gasteiger partial charge on any atom is -0.341 e. The second-order valence-corrected chi connectivity index (χ2v) is 6.72. The summed E-state index contributed by atoms with van der Waals surface area (Å²) in [6, 6.07) is 12.4. The molecule has 6 nitrogen and oxygen atoms in total. The van der Waals surface area contributed by atoms with Crippen LogP contribution >= 0.6 is 0 Å². The third kappa shape index (κ3) is 4.51. The van der Waals surface area contributed by atoms with Crippen LogP contribution < -0.4 is 5.32 Å². The fourth-order valence-electron chi connectivity index (χ4n) is 3.04. The van der Waals surface area contributed by atoms with Gasteiger partial charge in [0.05, 0.1) is 12.1 Å².